The first-order valence-corrected chi connectivity index (χ1v) is 10.5. The van der Waals surface area contributed by atoms with Crippen molar-refractivity contribution in [2.45, 2.75) is 31.1 Å². The second kappa shape index (κ2) is 6.98. The van der Waals surface area contributed by atoms with Gasteiger partial charge in [-0.3, -0.25) is 14.0 Å². The van der Waals surface area contributed by atoms with Crippen molar-refractivity contribution < 1.29 is 13.1 Å². The SMILES string of the molecule is CC1(C)C(N)=N[C@](C)(c2cc(-c3cc(-c4c[nH]c(=O)cn4)no3)ccc2F)C[S@@]1=O. The summed E-state index contributed by atoms with van der Waals surface area (Å²) < 4.78 is 32.1. The Morgan fingerprint density at radius 3 is 2.67 bits per heavy atom. The highest BCUT2D eigenvalue weighted by atomic mass is 32.2. The van der Waals surface area contributed by atoms with E-state index in [1.54, 1.807) is 39.0 Å². The molecule has 0 unspecified atom stereocenters. The minimum absolute atomic E-state index is 0.143. The monoisotopic (exact) mass is 429 g/mol. The Hall–Kier alpha value is -3.14. The lowest BCUT2D eigenvalue weighted by molar-refractivity contribution is 0.434. The summed E-state index contributed by atoms with van der Waals surface area (Å²) in [4.78, 5) is 22.2. The van der Waals surface area contributed by atoms with Crippen molar-refractivity contribution in [3.8, 4) is 22.7 Å². The third-order valence-corrected chi connectivity index (χ3v) is 7.41. The zero-order valence-corrected chi connectivity index (χ0v) is 17.4. The summed E-state index contributed by atoms with van der Waals surface area (Å²) >= 11 is 0. The number of amidine groups is 1. The van der Waals surface area contributed by atoms with Crippen LogP contribution in [0.5, 0.6) is 0 Å². The second-order valence-corrected chi connectivity index (χ2v) is 9.84. The maximum atomic E-state index is 14.8. The summed E-state index contributed by atoms with van der Waals surface area (Å²) in [6.45, 7) is 5.23. The molecule has 0 saturated heterocycles. The number of nitrogens with two attached hydrogens (primary N) is 1. The lowest BCUT2D eigenvalue weighted by Gasteiger charge is -2.37. The van der Waals surface area contributed by atoms with E-state index in [4.69, 9.17) is 10.3 Å². The highest BCUT2D eigenvalue weighted by molar-refractivity contribution is 7.87. The molecule has 1 aromatic carbocycles. The van der Waals surface area contributed by atoms with Gasteiger partial charge in [0, 0.05) is 34.2 Å². The smallest absolute Gasteiger partial charge is 0.266 e. The minimum Gasteiger partial charge on any atom is -0.386 e. The first-order valence-electron chi connectivity index (χ1n) is 9.17. The molecule has 2 aromatic heterocycles. The molecule has 0 spiro atoms. The van der Waals surface area contributed by atoms with Crippen LogP contribution in [0.3, 0.4) is 0 Å². The molecule has 30 heavy (non-hydrogen) atoms. The molecule has 10 heteroatoms. The van der Waals surface area contributed by atoms with E-state index in [-0.39, 0.29) is 22.7 Å². The number of aromatic amines is 1. The van der Waals surface area contributed by atoms with Gasteiger partial charge >= 0.3 is 0 Å². The van der Waals surface area contributed by atoms with Gasteiger partial charge in [0.15, 0.2) is 5.76 Å². The van der Waals surface area contributed by atoms with Crippen LogP contribution in [0.4, 0.5) is 4.39 Å². The molecule has 8 nitrogen and oxygen atoms in total. The van der Waals surface area contributed by atoms with Crippen molar-refractivity contribution in [1.29, 1.82) is 0 Å². The Bertz CT molecular complexity index is 1230. The highest BCUT2D eigenvalue weighted by Crippen LogP contribution is 2.38. The van der Waals surface area contributed by atoms with Crippen LogP contribution in [0.15, 0.2) is 51.0 Å². The second-order valence-electron chi connectivity index (χ2n) is 7.84. The average molecular weight is 429 g/mol. The molecule has 0 amide bonds. The standard InChI is InChI=1S/C20H20FN5O3S/c1-19(2)18(22)25-20(3,10-30(19)28)12-6-11(4-5-13(12)21)16-7-14(26-29-16)15-8-24-17(27)9-23-15/h4-9H,10H2,1-3H3,(H2,22,25)(H,24,27)/t20-,30-/m0/s1. The largest absolute Gasteiger partial charge is 0.386 e. The van der Waals surface area contributed by atoms with E-state index in [1.807, 2.05) is 0 Å². The number of hydrogen-bond donors (Lipinski definition) is 2. The number of rotatable bonds is 3. The summed E-state index contributed by atoms with van der Waals surface area (Å²) in [5, 5.41) is 3.97. The fourth-order valence-electron chi connectivity index (χ4n) is 3.23. The molecule has 3 heterocycles. The van der Waals surface area contributed by atoms with Gasteiger partial charge in [-0.1, -0.05) is 5.16 Å². The van der Waals surface area contributed by atoms with Crippen LogP contribution in [0.1, 0.15) is 26.3 Å². The Balaban J connectivity index is 1.75. The van der Waals surface area contributed by atoms with Gasteiger partial charge in [0.2, 0.25) is 0 Å². The van der Waals surface area contributed by atoms with Crippen molar-refractivity contribution in [2.24, 2.45) is 10.7 Å². The number of nitrogens with one attached hydrogen (secondary N) is 1. The molecule has 3 aromatic rings. The van der Waals surface area contributed by atoms with Gasteiger partial charge in [0.1, 0.15) is 23.0 Å². The van der Waals surface area contributed by atoms with E-state index in [0.29, 0.717) is 22.7 Å². The van der Waals surface area contributed by atoms with Crippen LogP contribution < -0.4 is 11.3 Å². The first kappa shape index (κ1) is 20.1. The molecular weight excluding hydrogens is 409 g/mol. The van der Waals surface area contributed by atoms with Gasteiger partial charge in [-0.2, -0.15) is 0 Å². The highest BCUT2D eigenvalue weighted by Gasteiger charge is 2.44. The number of aliphatic imine (C=N–C) groups is 1. The number of halogens is 1. The van der Waals surface area contributed by atoms with E-state index >= 15 is 0 Å². The van der Waals surface area contributed by atoms with Gasteiger partial charge in [-0.15, -0.1) is 0 Å². The fourth-order valence-corrected chi connectivity index (χ4v) is 4.60. The normalized spacial score (nSPS) is 23.2. The maximum Gasteiger partial charge on any atom is 0.266 e. The Labute approximate surface area is 173 Å². The number of aromatic nitrogens is 3. The van der Waals surface area contributed by atoms with E-state index in [0.717, 1.165) is 6.20 Å². The van der Waals surface area contributed by atoms with Crippen LogP contribution in [0, 0.1) is 5.82 Å². The molecule has 1 aliphatic heterocycles. The van der Waals surface area contributed by atoms with Gasteiger partial charge in [-0.05, 0) is 39.0 Å². The van der Waals surface area contributed by atoms with E-state index in [9.17, 15) is 13.4 Å². The van der Waals surface area contributed by atoms with Gasteiger partial charge in [-0.25, -0.2) is 9.37 Å². The van der Waals surface area contributed by atoms with E-state index in [2.05, 4.69) is 20.1 Å². The summed E-state index contributed by atoms with van der Waals surface area (Å²) in [7, 11) is -1.33. The molecule has 0 aliphatic carbocycles. The topological polar surface area (TPSA) is 127 Å². The third-order valence-electron chi connectivity index (χ3n) is 5.24. The summed E-state index contributed by atoms with van der Waals surface area (Å²) in [5.74, 6) is 0.281. The zero-order chi connectivity index (χ0) is 21.7. The molecule has 0 radical (unpaired) electrons. The molecule has 156 valence electrons. The Morgan fingerprint density at radius 1 is 1.23 bits per heavy atom. The zero-order valence-electron chi connectivity index (χ0n) is 16.6. The maximum absolute atomic E-state index is 14.8. The molecule has 0 saturated carbocycles. The van der Waals surface area contributed by atoms with Crippen LogP contribution >= 0.6 is 0 Å². The van der Waals surface area contributed by atoms with E-state index < -0.39 is 26.9 Å². The number of hydrogen-bond acceptors (Lipinski definition) is 7. The van der Waals surface area contributed by atoms with Crippen molar-refractivity contribution in [2.75, 3.05) is 5.75 Å². The summed E-state index contributed by atoms with van der Waals surface area (Å²) in [5.41, 5.74) is 6.35. The van der Waals surface area contributed by atoms with Crippen molar-refractivity contribution >= 4 is 16.6 Å². The van der Waals surface area contributed by atoms with Gasteiger partial charge in [0.25, 0.3) is 5.56 Å². The van der Waals surface area contributed by atoms with Crippen LogP contribution in [0.2, 0.25) is 0 Å². The lowest BCUT2D eigenvalue weighted by atomic mass is 9.91. The van der Waals surface area contributed by atoms with Crippen LogP contribution in [-0.2, 0) is 16.3 Å². The van der Waals surface area contributed by atoms with Crippen molar-refractivity contribution in [3.05, 3.63) is 58.4 Å². The fraction of sp³-hybridized carbons (Fsp3) is 0.300. The molecule has 4 rings (SSSR count). The molecule has 0 fully saturated rings. The van der Waals surface area contributed by atoms with Crippen LogP contribution in [0.25, 0.3) is 22.7 Å². The Kier molecular flexibility index (Phi) is 4.69. The minimum atomic E-state index is -1.33. The quantitative estimate of drug-likeness (QED) is 0.658. The van der Waals surface area contributed by atoms with E-state index in [1.165, 1.54) is 12.3 Å². The number of H-pyrrole nitrogens is 1. The molecule has 2 atom stereocenters. The molecule has 3 N–H and O–H groups in total. The van der Waals surface area contributed by atoms with Crippen molar-refractivity contribution in [3.63, 3.8) is 0 Å². The average Bonchev–Trinajstić information content (AvgIpc) is 3.17. The molecule has 0 bridgehead atoms. The summed E-state index contributed by atoms with van der Waals surface area (Å²) in [6.07, 6.45) is 2.57. The van der Waals surface area contributed by atoms with Gasteiger partial charge in [0.05, 0.1) is 22.2 Å². The number of nitrogens with zero attached hydrogens (tertiary/aromatic N) is 3. The molecular formula is C20H20FN5O3S. The van der Waals surface area contributed by atoms with Crippen LogP contribution in [-0.4, -0.2) is 35.7 Å². The van der Waals surface area contributed by atoms with Gasteiger partial charge < -0.3 is 15.2 Å². The summed E-state index contributed by atoms with van der Waals surface area (Å²) in [6, 6.07) is 6.11. The Morgan fingerprint density at radius 2 is 2.00 bits per heavy atom. The lowest BCUT2D eigenvalue weighted by Crippen LogP contribution is -2.52. The third kappa shape index (κ3) is 3.36. The van der Waals surface area contributed by atoms with Crippen molar-refractivity contribution in [1.82, 2.24) is 15.1 Å². The predicted molar refractivity (Wildman–Crippen MR) is 112 cm³/mol. The molecule has 1 aliphatic rings. The number of benzene rings is 1. The first-order chi connectivity index (χ1) is 14.1. The predicted octanol–water partition coefficient (Wildman–Crippen LogP) is 2.34.